The summed E-state index contributed by atoms with van der Waals surface area (Å²) in [7, 11) is 0. The molecule has 1 aliphatic heterocycles. The lowest BCUT2D eigenvalue weighted by molar-refractivity contribution is -0.131. The fourth-order valence-electron chi connectivity index (χ4n) is 3.78. The highest BCUT2D eigenvalue weighted by Gasteiger charge is 2.35. The molecule has 1 saturated carbocycles. The minimum absolute atomic E-state index is 0.0185. The van der Waals surface area contributed by atoms with Gasteiger partial charge in [-0.2, -0.15) is 0 Å². The van der Waals surface area contributed by atoms with Crippen molar-refractivity contribution in [1.82, 2.24) is 10.6 Å². The highest BCUT2D eigenvalue weighted by Crippen LogP contribution is 2.33. The molecule has 3 N–H and O–H groups in total. The fraction of sp³-hybridized carbons (Fsp3) is 0.579. The van der Waals surface area contributed by atoms with Gasteiger partial charge in [0.2, 0.25) is 11.8 Å². The van der Waals surface area contributed by atoms with Crippen LogP contribution in [-0.4, -0.2) is 29.9 Å². The van der Waals surface area contributed by atoms with Crippen molar-refractivity contribution in [2.24, 2.45) is 0 Å². The molecule has 24 heavy (non-hydrogen) atoms. The summed E-state index contributed by atoms with van der Waals surface area (Å²) < 4.78 is 0. The van der Waals surface area contributed by atoms with Crippen LogP contribution in [0.1, 0.15) is 50.5 Å². The Morgan fingerprint density at radius 3 is 2.71 bits per heavy atom. The topological polar surface area (TPSA) is 70.2 Å². The molecule has 0 bridgehead atoms. The number of piperidine rings is 1. The standard InChI is InChI=1S/C19H27N3O2/c1-14-7-2-3-8-15(14)22-19(11-4-5-12-19)13-20-18(24)16-9-6-10-17(23)21-16/h2-3,7-8,16,22H,4-6,9-13H2,1H3,(H,20,24)(H,21,23). The number of hydrogen-bond acceptors (Lipinski definition) is 3. The Bertz CT molecular complexity index is 608. The van der Waals surface area contributed by atoms with Crippen LogP contribution in [0.2, 0.25) is 0 Å². The Labute approximate surface area is 143 Å². The number of rotatable bonds is 5. The predicted molar refractivity (Wildman–Crippen MR) is 94.8 cm³/mol. The zero-order valence-corrected chi connectivity index (χ0v) is 14.4. The number of benzene rings is 1. The maximum atomic E-state index is 12.4. The summed E-state index contributed by atoms with van der Waals surface area (Å²) in [4.78, 5) is 23.9. The number of hydrogen-bond donors (Lipinski definition) is 3. The van der Waals surface area contributed by atoms with Crippen molar-refractivity contribution in [2.45, 2.75) is 63.5 Å². The highest BCUT2D eigenvalue weighted by atomic mass is 16.2. The lowest BCUT2D eigenvalue weighted by Gasteiger charge is -2.33. The third kappa shape index (κ3) is 3.89. The Morgan fingerprint density at radius 2 is 2.00 bits per heavy atom. The molecule has 3 rings (SSSR count). The second-order valence-corrected chi connectivity index (χ2v) is 7.16. The van der Waals surface area contributed by atoms with Crippen LogP contribution in [0.25, 0.3) is 0 Å². The van der Waals surface area contributed by atoms with Crippen molar-refractivity contribution in [3.8, 4) is 0 Å². The molecule has 1 aromatic carbocycles. The van der Waals surface area contributed by atoms with Gasteiger partial charge < -0.3 is 16.0 Å². The fourth-order valence-corrected chi connectivity index (χ4v) is 3.78. The number of aryl methyl sites for hydroxylation is 1. The van der Waals surface area contributed by atoms with Crippen LogP contribution >= 0.6 is 0 Å². The van der Waals surface area contributed by atoms with E-state index in [-0.39, 0.29) is 23.4 Å². The summed E-state index contributed by atoms with van der Waals surface area (Å²) in [6, 6.07) is 7.89. The van der Waals surface area contributed by atoms with Gasteiger partial charge >= 0.3 is 0 Å². The lowest BCUT2D eigenvalue weighted by atomic mass is 9.95. The van der Waals surface area contributed by atoms with Gasteiger partial charge in [0, 0.05) is 18.7 Å². The highest BCUT2D eigenvalue weighted by molar-refractivity contribution is 5.88. The molecule has 5 heteroatoms. The molecule has 1 heterocycles. The van der Waals surface area contributed by atoms with E-state index in [1.807, 2.05) is 12.1 Å². The number of carbonyl (C=O) groups excluding carboxylic acids is 2. The van der Waals surface area contributed by atoms with Gasteiger partial charge in [0.05, 0.1) is 5.54 Å². The van der Waals surface area contributed by atoms with Crippen molar-refractivity contribution >= 4 is 17.5 Å². The number of amides is 2. The van der Waals surface area contributed by atoms with E-state index in [2.05, 4.69) is 35.0 Å². The molecule has 0 aromatic heterocycles. The first-order chi connectivity index (χ1) is 11.6. The van der Waals surface area contributed by atoms with E-state index in [4.69, 9.17) is 0 Å². The molecule has 5 nitrogen and oxygen atoms in total. The average molecular weight is 329 g/mol. The van der Waals surface area contributed by atoms with Gasteiger partial charge in [-0.25, -0.2) is 0 Å². The van der Waals surface area contributed by atoms with E-state index < -0.39 is 0 Å². The van der Waals surface area contributed by atoms with E-state index in [0.717, 1.165) is 31.4 Å². The van der Waals surface area contributed by atoms with E-state index in [1.165, 1.54) is 18.4 Å². The van der Waals surface area contributed by atoms with Crippen LogP contribution in [0, 0.1) is 6.92 Å². The molecule has 130 valence electrons. The van der Waals surface area contributed by atoms with Crippen LogP contribution in [0.15, 0.2) is 24.3 Å². The van der Waals surface area contributed by atoms with Crippen LogP contribution in [0.4, 0.5) is 5.69 Å². The molecule has 1 unspecified atom stereocenters. The molecule has 0 radical (unpaired) electrons. The van der Waals surface area contributed by atoms with Gasteiger partial charge in [-0.1, -0.05) is 31.0 Å². The van der Waals surface area contributed by atoms with Crippen LogP contribution in [0.3, 0.4) is 0 Å². The number of carbonyl (C=O) groups is 2. The van der Waals surface area contributed by atoms with E-state index >= 15 is 0 Å². The summed E-state index contributed by atoms with van der Waals surface area (Å²) >= 11 is 0. The number of anilines is 1. The third-order valence-electron chi connectivity index (χ3n) is 5.25. The molecular weight excluding hydrogens is 302 g/mol. The summed E-state index contributed by atoms with van der Waals surface area (Å²) in [6.07, 6.45) is 6.51. The van der Waals surface area contributed by atoms with Crippen molar-refractivity contribution in [3.63, 3.8) is 0 Å². The van der Waals surface area contributed by atoms with E-state index in [0.29, 0.717) is 13.0 Å². The SMILES string of the molecule is Cc1ccccc1NC1(CNC(=O)C2CCCC(=O)N2)CCCC1. The molecule has 2 amide bonds. The van der Waals surface area contributed by atoms with Crippen LogP contribution in [-0.2, 0) is 9.59 Å². The Kier molecular flexibility index (Phi) is 5.07. The second-order valence-electron chi connectivity index (χ2n) is 7.16. The second kappa shape index (κ2) is 7.24. The Hall–Kier alpha value is -2.04. The van der Waals surface area contributed by atoms with Crippen molar-refractivity contribution in [3.05, 3.63) is 29.8 Å². The zero-order valence-electron chi connectivity index (χ0n) is 14.4. The van der Waals surface area contributed by atoms with Crippen molar-refractivity contribution < 1.29 is 9.59 Å². The first-order valence-electron chi connectivity index (χ1n) is 8.99. The lowest BCUT2D eigenvalue weighted by Crippen LogP contribution is -2.53. The van der Waals surface area contributed by atoms with Gasteiger partial charge in [-0.05, 0) is 44.2 Å². The molecule has 2 aliphatic rings. The van der Waals surface area contributed by atoms with E-state index in [1.54, 1.807) is 0 Å². The summed E-state index contributed by atoms with van der Waals surface area (Å²) in [5.41, 5.74) is 2.27. The maximum Gasteiger partial charge on any atom is 0.242 e. The Balaban J connectivity index is 1.62. The smallest absolute Gasteiger partial charge is 0.242 e. The van der Waals surface area contributed by atoms with Gasteiger partial charge in [-0.3, -0.25) is 9.59 Å². The minimum atomic E-state index is -0.372. The zero-order chi connectivity index (χ0) is 17.0. The molecule has 1 aliphatic carbocycles. The number of nitrogens with one attached hydrogen (secondary N) is 3. The maximum absolute atomic E-state index is 12.4. The molecule has 1 atom stereocenters. The van der Waals surface area contributed by atoms with Gasteiger partial charge in [-0.15, -0.1) is 0 Å². The van der Waals surface area contributed by atoms with Gasteiger partial charge in [0.1, 0.15) is 6.04 Å². The summed E-state index contributed by atoms with van der Waals surface area (Å²) in [6.45, 7) is 2.70. The predicted octanol–water partition coefficient (Wildman–Crippen LogP) is 2.50. The van der Waals surface area contributed by atoms with Crippen LogP contribution < -0.4 is 16.0 Å². The largest absolute Gasteiger partial charge is 0.378 e. The average Bonchev–Trinajstić information content (AvgIpc) is 3.04. The molecule has 2 fully saturated rings. The molecule has 1 aromatic rings. The van der Waals surface area contributed by atoms with Gasteiger partial charge in [0.25, 0.3) is 0 Å². The van der Waals surface area contributed by atoms with E-state index in [9.17, 15) is 9.59 Å². The van der Waals surface area contributed by atoms with Crippen molar-refractivity contribution in [1.29, 1.82) is 0 Å². The first kappa shape index (κ1) is 16.8. The monoisotopic (exact) mass is 329 g/mol. The number of para-hydroxylation sites is 1. The minimum Gasteiger partial charge on any atom is -0.378 e. The molecular formula is C19H27N3O2. The third-order valence-corrected chi connectivity index (χ3v) is 5.25. The quantitative estimate of drug-likeness (QED) is 0.777. The molecule has 1 saturated heterocycles. The summed E-state index contributed by atoms with van der Waals surface area (Å²) in [5.74, 6) is -0.0732. The van der Waals surface area contributed by atoms with Crippen LogP contribution in [0.5, 0.6) is 0 Å². The normalized spacial score (nSPS) is 22.7. The summed E-state index contributed by atoms with van der Waals surface area (Å²) in [5, 5.41) is 9.56. The Morgan fingerprint density at radius 1 is 1.25 bits per heavy atom. The van der Waals surface area contributed by atoms with Crippen molar-refractivity contribution in [2.75, 3.05) is 11.9 Å². The molecule has 0 spiro atoms. The first-order valence-corrected chi connectivity index (χ1v) is 8.99. The van der Waals surface area contributed by atoms with Gasteiger partial charge in [0.15, 0.2) is 0 Å².